The van der Waals surface area contributed by atoms with Crippen molar-refractivity contribution in [3.8, 4) is 0 Å². The Morgan fingerprint density at radius 1 is 1.00 bits per heavy atom. The second kappa shape index (κ2) is 5.58. The van der Waals surface area contributed by atoms with Gasteiger partial charge in [-0.3, -0.25) is 0 Å². The molecule has 1 aliphatic heterocycles. The van der Waals surface area contributed by atoms with Crippen LogP contribution < -0.4 is 10.6 Å². The van der Waals surface area contributed by atoms with Crippen molar-refractivity contribution in [2.24, 2.45) is 0 Å². The fourth-order valence-electron chi connectivity index (χ4n) is 3.11. The number of benzene rings is 2. The molecule has 0 atom stereocenters. The number of aryl methyl sites for hydroxylation is 1. The highest BCUT2D eigenvalue weighted by Gasteiger charge is 2.20. The Hall–Kier alpha value is -1.96. The van der Waals surface area contributed by atoms with Gasteiger partial charge in [-0.15, -0.1) is 0 Å². The average Bonchev–Trinajstić information content (AvgIpc) is 2.47. The first-order valence-electron chi connectivity index (χ1n) is 7.39. The third-order valence-corrected chi connectivity index (χ3v) is 4.24. The van der Waals surface area contributed by atoms with E-state index in [2.05, 4.69) is 54.3 Å². The number of hydrogen-bond donors (Lipinski definition) is 1. The van der Waals surface area contributed by atoms with Crippen LogP contribution in [-0.4, -0.2) is 13.1 Å². The molecular weight excluding hydrogens is 244 g/mol. The molecule has 0 radical (unpaired) electrons. The van der Waals surface area contributed by atoms with E-state index in [0.717, 1.165) is 18.8 Å². The topological polar surface area (TPSA) is 29.3 Å². The number of hydrogen-bond acceptors (Lipinski definition) is 2. The average molecular weight is 266 g/mol. The highest BCUT2D eigenvalue weighted by molar-refractivity contribution is 5.49. The van der Waals surface area contributed by atoms with E-state index in [1.807, 2.05) is 6.07 Å². The van der Waals surface area contributed by atoms with Crippen LogP contribution in [0.15, 0.2) is 48.5 Å². The zero-order chi connectivity index (χ0) is 13.9. The summed E-state index contributed by atoms with van der Waals surface area (Å²) in [6.07, 6.45) is 2.41. The van der Waals surface area contributed by atoms with E-state index in [0.29, 0.717) is 5.92 Å². The van der Waals surface area contributed by atoms with Gasteiger partial charge in [-0.25, -0.2) is 0 Å². The standard InChI is InChI=1S/C18H22N2/c1-14-4-2-7-18(12-14)20-10-8-15(9-11-20)16-5-3-6-17(19)13-16/h2-7,12-13,15H,8-11,19H2,1H3. The molecule has 3 rings (SSSR count). The van der Waals surface area contributed by atoms with Gasteiger partial charge in [-0.2, -0.15) is 0 Å². The van der Waals surface area contributed by atoms with Crippen molar-refractivity contribution in [2.45, 2.75) is 25.7 Å². The van der Waals surface area contributed by atoms with Crippen molar-refractivity contribution in [2.75, 3.05) is 23.7 Å². The lowest BCUT2D eigenvalue weighted by Crippen LogP contribution is -2.32. The van der Waals surface area contributed by atoms with Crippen molar-refractivity contribution in [1.82, 2.24) is 0 Å². The fraction of sp³-hybridized carbons (Fsp3) is 0.333. The second-order valence-electron chi connectivity index (χ2n) is 5.77. The Bertz CT molecular complexity index is 530. The second-order valence-corrected chi connectivity index (χ2v) is 5.77. The van der Waals surface area contributed by atoms with Crippen LogP contribution in [0.25, 0.3) is 0 Å². The minimum atomic E-state index is 0.652. The van der Waals surface area contributed by atoms with Crippen LogP contribution in [0.2, 0.25) is 0 Å². The molecule has 20 heavy (non-hydrogen) atoms. The summed E-state index contributed by atoms with van der Waals surface area (Å²) >= 11 is 0. The van der Waals surface area contributed by atoms with E-state index in [1.54, 1.807) is 0 Å². The molecule has 0 bridgehead atoms. The smallest absolute Gasteiger partial charge is 0.0368 e. The normalized spacial score (nSPS) is 16.4. The van der Waals surface area contributed by atoms with Gasteiger partial charge in [-0.1, -0.05) is 24.3 Å². The maximum atomic E-state index is 5.89. The zero-order valence-electron chi connectivity index (χ0n) is 12.0. The molecule has 2 N–H and O–H groups in total. The van der Waals surface area contributed by atoms with E-state index in [1.165, 1.54) is 29.7 Å². The van der Waals surface area contributed by atoms with Gasteiger partial charge in [0.25, 0.3) is 0 Å². The third kappa shape index (κ3) is 2.79. The number of anilines is 2. The molecule has 1 fully saturated rings. The number of nitrogens with zero attached hydrogens (tertiary/aromatic N) is 1. The molecular formula is C18H22N2. The number of rotatable bonds is 2. The van der Waals surface area contributed by atoms with E-state index in [-0.39, 0.29) is 0 Å². The summed E-state index contributed by atoms with van der Waals surface area (Å²) in [4.78, 5) is 2.50. The van der Waals surface area contributed by atoms with Gasteiger partial charge in [0.2, 0.25) is 0 Å². The molecule has 104 valence electrons. The Morgan fingerprint density at radius 2 is 1.75 bits per heavy atom. The van der Waals surface area contributed by atoms with Crippen LogP contribution in [0.1, 0.15) is 29.9 Å². The number of nitrogen functional groups attached to an aromatic ring is 1. The summed E-state index contributed by atoms with van der Waals surface area (Å²) in [5, 5.41) is 0. The molecule has 0 saturated carbocycles. The summed E-state index contributed by atoms with van der Waals surface area (Å²) < 4.78 is 0. The molecule has 2 aromatic rings. The lowest BCUT2D eigenvalue weighted by molar-refractivity contribution is 0.505. The first-order valence-corrected chi connectivity index (χ1v) is 7.39. The summed E-state index contributed by atoms with van der Waals surface area (Å²) in [6, 6.07) is 17.2. The Labute approximate surface area is 121 Å². The molecule has 1 aliphatic rings. The van der Waals surface area contributed by atoms with Gasteiger partial charge in [0, 0.05) is 24.5 Å². The monoisotopic (exact) mass is 266 g/mol. The molecule has 0 spiro atoms. The van der Waals surface area contributed by atoms with Gasteiger partial charge in [0.15, 0.2) is 0 Å². The Kier molecular flexibility index (Phi) is 3.64. The van der Waals surface area contributed by atoms with Crippen molar-refractivity contribution < 1.29 is 0 Å². The quantitative estimate of drug-likeness (QED) is 0.834. The van der Waals surface area contributed by atoms with Gasteiger partial charge in [-0.05, 0) is 61.1 Å². The van der Waals surface area contributed by atoms with E-state index >= 15 is 0 Å². The molecule has 0 unspecified atom stereocenters. The van der Waals surface area contributed by atoms with Crippen LogP contribution in [0.4, 0.5) is 11.4 Å². The number of piperidine rings is 1. The van der Waals surface area contributed by atoms with Crippen LogP contribution in [0.5, 0.6) is 0 Å². The third-order valence-electron chi connectivity index (χ3n) is 4.24. The van der Waals surface area contributed by atoms with Crippen LogP contribution in [-0.2, 0) is 0 Å². The van der Waals surface area contributed by atoms with E-state index < -0.39 is 0 Å². The molecule has 0 aliphatic carbocycles. The van der Waals surface area contributed by atoms with E-state index in [4.69, 9.17) is 5.73 Å². The van der Waals surface area contributed by atoms with Gasteiger partial charge < -0.3 is 10.6 Å². The Morgan fingerprint density at radius 3 is 2.45 bits per heavy atom. The molecule has 0 amide bonds. The predicted molar refractivity (Wildman–Crippen MR) is 86.2 cm³/mol. The van der Waals surface area contributed by atoms with Gasteiger partial charge in [0.1, 0.15) is 0 Å². The number of nitrogens with two attached hydrogens (primary N) is 1. The minimum Gasteiger partial charge on any atom is -0.399 e. The lowest BCUT2D eigenvalue weighted by atomic mass is 9.89. The highest BCUT2D eigenvalue weighted by atomic mass is 15.1. The molecule has 0 aromatic heterocycles. The summed E-state index contributed by atoms with van der Waals surface area (Å²) in [7, 11) is 0. The maximum absolute atomic E-state index is 5.89. The summed E-state index contributed by atoms with van der Waals surface area (Å²) in [5.74, 6) is 0.652. The van der Waals surface area contributed by atoms with E-state index in [9.17, 15) is 0 Å². The van der Waals surface area contributed by atoms with Gasteiger partial charge >= 0.3 is 0 Å². The minimum absolute atomic E-state index is 0.652. The molecule has 1 saturated heterocycles. The van der Waals surface area contributed by atoms with Crippen molar-refractivity contribution in [1.29, 1.82) is 0 Å². The SMILES string of the molecule is Cc1cccc(N2CCC(c3cccc(N)c3)CC2)c1. The van der Waals surface area contributed by atoms with Crippen molar-refractivity contribution in [3.63, 3.8) is 0 Å². The van der Waals surface area contributed by atoms with Gasteiger partial charge in [0.05, 0.1) is 0 Å². The zero-order valence-corrected chi connectivity index (χ0v) is 12.0. The maximum Gasteiger partial charge on any atom is 0.0368 e. The van der Waals surface area contributed by atoms with Crippen LogP contribution >= 0.6 is 0 Å². The summed E-state index contributed by atoms with van der Waals surface area (Å²) in [6.45, 7) is 4.41. The molecule has 2 heteroatoms. The molecule has 2 nitrogen and oxygen atoms in total. The lowest BCUT2D eigenvalue weighted by Gasteiger charge is -2.34. The molecule has 2 aromatic carbocycles. The Balaban J connectivity index is 1.68. The fourth-order valence-corrected chi connectivity index (χ4v) is 3.11. The highest BCUT2D eigenvalue weighted by Crippen LogP contribution is 2.31. The first-order chi connectivity index (χ1) is 9.72. The summed E-state index contributed by atoms with van der Waals surface area (Å²) in [5.41, 5.74) is 10.9. The van der Waals surface area contributed by atoms with Crippen molar-refractivity contribution in [3.05, 3.63) is 59.7 Å². The first kappa shape index (κ1) is 13.0. The van der Waals surface area contributed by atoms with Crippen LogP contribution in [0, 0.1) is 6.92 Å². The largest absolute Gasteiger partial charge is 0.399 e. The predicted octanol–water partition coefficient (Wildman–Crippen LogP) is 3.96. The van der Waals surface area contributed by atoms with Crippen LogP contribution in [0.3, 0.4) is 0 Å². The van der Waals surface area contributed by atoms with Crippen molar-refractivity contribution >= 4 is 11.4 Å². The molecule has 1 heterocycles.